The van der Waals surface area contributed by atoms with E-state index in [1.54, 1.807) is 30.6 Å². The Kier molecular flexibility index (Phi) is 7.27. The summed E-state index contributed by atoms with van der Waals surface area (Å²) in [4.78, 5) is 12.7. The lowest BCUT2D eigenvalue weighted by atomic mass is 10.0. The van der Waals surface area contributed by atoms with Crippen LogP contribution in [-0.4, -0.2) is 32.2 Å². The summed E-state index contributed by atoms with van der Waals surface area (Å²) in [5.74, 6) is -2.34. The Balaban J connectivity index is 1.64. The highest BCUT2D eigenvalue weighted by Crippen LogP contribution is 2.32. The summed E-state index contributed by atoms with van der Waals surface area (Å²) in [7, 11) is 0. The number of thioether (sulfide) groups is 2. The van der Waals surface area contributed by atoms with E-state index in [-0.39, 0.29) is 11.7 Å². The van der Waals surface area contributed by atoms with Crippen LogP contribution < -0.4 is 5.32 Å². The van der Waals surface area contributed by atoms with E-state index >= 15 is 0 Å². The molecule has 0 aliphatic heterocycles. The molecule has 29 heavy (non-hydrogen) atoms. The number of aromatic nitrogens is 3. The highest BCUT2D eigenvalue weighted by molar-refractivity contribution is 8.00. The number of hydrogen-bond acceptors (Lipinski definition) is 5. The molecular formula is C20H20F2N4OS2. The van der Waals surface area contributed by atoms with Crippen molar-refractivity contribution in [2.24, 2.45) is 0 Å². The summed E-state index contributed by atoms with van der Waals surface area (Å²) < 4.78 is 27.2. The molecule has 1 aromatic heterocycles. The van der Waals surface area contributed by atoms with Gasteiger partial charge in [0.15, 0.2) is 5.16 Å². The summed E-state index contributed by atoms with van der Waals surface area (Å²) >= 11 is 1.63. The summed E-state index contributed by atoms with van der Waals surface area (Å²) in [5.41, 5.74) is 2.51. The third-order valence-electron chi connectivity index (χ3n) is 4.06. The number of carbonyl (C=O) groups excluding carboxylic acids is 1. The average Bonchev–Trinajstić information content (AvgIpc) is 3.16. The van der Waals surface area contributed by atoms with Gasteiger partial charge in [0.2, 0.25) is 5.91 Å². The molecule has 0 fully saturated rings. The summed E-state index contributed by atoms with van der Waals surface area (Å²) in [6.45, 7) is 4.26. The lowest BCUT2D eigenvalue weighted by molar-refractivity contribution is -0.113. The molecule has 0 bridgehead atoms. The van der Waals surface area contributed by atoms with Crippen molar-refractivity contribution in [2.75, 3.05) is 11.1 Å². The molecule has 0 radical (unpaired) electrons. The monoisotopic (exact) mass is 434 g/mol. The van der Waals surface area contributed by atoms with E-state index < -0.39 is 5.76 Å². The van der Waals surface area contributed by atoms with Crippen molar-refractivity contribution >= 4 is 35.1 Å². The van der Waals surface area contributed by atoms with Crippen LogP contribution in [-0.2, 0) is 4.79 Å². The standard InChI is InChI=1S/C20H20F2N4OS2/c1-13(2)14-7-9-15(10-8-14)26-12-23-25-20(26)28-11-18(27)24-16-5-3-4-6-17(16)29-19(21)22/h3-10,12-13,19H,11H2,1-2H3,(H,24,27). The maximum absolute atomic E-state index is 12.7. The zero-order valence-corrected chi connectivity index (χ0v) is 17.5. The zero-order valence-electron chi connectivity index (χ0n) is 15.9. The third-order valence-corrected chi connectivity index (χ3v) is 5.80. The molecule has 0 atom stereocenters. The molecule has 9 heteroatoms. The molecule has 1 N–H and O–H groups in total. The minimum absolute atomic E-state index is 0.0798. The van der Waals surface area contributed by atoms with Crippen LogP contribution in [0.4, 0.5) is 14.5 Å². The fraction of sp³-hybridized carbons (Fsp3) is 0.250. The molecular weight excluding hydrogens is 414 g/mol. The molecule has 0 saturated carbocycles. The van der Waals surface area contributed by atoms with Gasteiger partial charge in [-0.15, -0.1) is 10.2 Å². The third kappa shape index (κ3) is 5.80. The van der Waals surface area contributed by atoms with Gasteiger partial charge in [-0.25, -0.2) is 0 Å². The average molecular weight is 435 g/mol. The number of carbonyl (C=O) groups is 1. The molecule has 2 aromatic carbocycles. The van der Waals surface area contributed by atoms with Gasteiger partial charge in [-0.2, -0.15) is 8.78 Å². The molecule has 0 saturated heterocycles. The Morgan fingerprint density at radius 1 is 1.14 bits per heavy atom. The minimum atomic E-state index is -2.55. The van der Waals surface area contributed by atoms with Gasteiger partial charge in [-0.05, 0) is 35.7 Å². The Bertz CT molecular complexity index is 961. The molecule has 0 unspecified atom stereocenters. The number of para-hydroxylation sites is 1. The molecule has 3 aromatic rings. The first-order valence-electron chi connectivity index (χ1n) is 8.91. The van der Waals surface area contributed by atoms with E-state index in [0.29, 0.717) is 33.4 Å². The molecule has 1 heterocycles. The summed E-state index contributed by atoms with van der Waals surface area (Å²) in [6.07, 6.45) is 1.60. The second kappa shape index (κ2) is 9.89. The van der Waals surface area contributed by atoms with E-state index in [4.69, 9.17) is 0 Å². The molecule has 3 rings (SSSR count). The quantitative estimate of drug-likeness (QED) is 0.479. The van der Waals surface area contributed by atoms with Gasteiger partial charge < -0.3 is 5.32 Å². The van der Waals surface area contributed by atoms with Crippen LogP contribution in [0.5, 0.6) is 0 Å². The van der Waals surface area contributed by atoms with Gasteiger partial charge >= 0.3 is 0 Å². The fourth-order valence-corrected chi connectivity index (χ4v) is 3.93. The Morgan fingerprint density at radius 3 is 2.55 bits per heavy atom. The normalized spacial score (nSPS) is 11.2. The molecule has 0 aliphatic rings. The van der Waals surface area contributed by atoms with E-state index in [1.165, 1.54) is 17.3 Å². The van der Waals surface area contributed by atoms with Crippen molar-refractivity contribution in [3.8, 4) is 5.69 Å². The highest BCUT2D eigenvalue weighted by Gasteiger charge is 2.14. The molecule has 0 spiro atoms. The Labute approximate surface area is 176 Å². The second-order valence-electron chi connectivity index (χ2n) is 6.44. The predicted octanol–water partition coefficient (Wildman–Crippen LogP) is 5.44. The number of anilines is 1. The first kappa shape index (κ1) is 21.3. The van der Waals surface area contributed by atoms with Gasteiger partial charge in [0.05, 0.1) is 11.4 Å². The molecule has 152 valence electrons. The molecule has 1 amide bonds. The van der Waals surface area contributed by atoms with Crippen LogP contribution >= 0.6 is 23.5 Å². The number of halogens is 2. The predicted molar refractivity (Wildman–Crippen MR) is 113 cm³/mol. The van der Waals surface area contributed by atoms with Crippen LogP contribution in [0, 0.1) is 0 Å². The number of amides is 1. The second-order valence-corrected chi connectivity index (χ2v) is 8.42. The Hall–Kier alpha value is -2.39. The smallest absolute Gasteiger partial charge is 0.288 e. The van der Waals surface area contributed by atoms with E-state index in [2.05, 4.69) is 41.5 Å². The first-order valence-corrected chi connectivity index (χ1v) is 10.8. The van der Waals surface area contributed by atoms with Gasteiger partial charge in [0, 0.05) is 10.6 Å². The van der Waals surface area contributed by atoms with Crippen molar-refractivity contribution in [1.82, 2.24) is 14.8 Å². The number of benzene rings is 2. The van der Waals surface area contributed by atoms with Crippen LogP contribution in [0.3, 0.4) is 0 Å². The van der Waals surface area contributed by atoms with E-state index in [1.807, 2.05) is 16.7 Å². The van der Waals surface area contributed by atoms with Crippen molar-refractivity contribution in [3.63, 3.8) is 0 Å². The SMILES string of the molecule is CC(C)c1ccc(-n2cnnc2SCC(=O)Nc2ccccc2SC(F)F)cc1. The molecule has 0 aliphatic carbocycles. The topological polar surface area (TPSA) is 59.8 Å². The lowest BCUT2D eigenvalue weighted by Gasteiger charge is -2.11. The van der Waals surface area contributed by atoms with Crippen LogP contribution in [0.1, 0.15) is 25.3 Å². The fourth-order valence-electron chi connectivity index (χ4n) is 2.60. The van der Waals surface area contributed by atoms with Crippen LogP contribution in [0.2, 0.25) is 0 Å². The summed E-state index contributed by atoms with van der Waals surface area (Å²) in [6, 6.07) is 14.6. The maximum atomic E-state index is 12.7. The first-order chi connectivity index (χ1) is 13.9. The highest BCUT2D eigenvalue weighted by atomic mass is 32.2. The van der Waals surface area contributed by atoms with E-state index in [9.17, 15) is 13.6 Å². The number of hydrogen-bond donors (Lipinski definition) is 1. The molecule has 5 nitrogen and oxygen atoms in total. The summed E-state index contributed by atoms with van der Waals surface area (Å²) in [5, 5.41) is 11.3. The van der Waals surface area contributed by atoms with Gasteiger partial charge in [0.1, 0.15) is 6.33 Å². The number of nitrogens with one attached hydrogen (secondary N) is 1. The Morgan fingerprint density at radius 2 is 1.86 bits per heavy atom. The van der Waals surface area contributed by atoms with Crippen molar-refractivity contribution in [2.45, 2.75) is 35.6 Å². The van der Waals surface area contributed by atoms with E-state index in [0.717, 1.165) is 5.69 Å². The number of nitrogens with zero attached hydrogens (tertiary/aromatic N) is 3. The lowest BCUT2D eigenvalue weighted by Crippen LogP contribution is -2.15. The number of rotatable bonds is 8. The van der Waals surface area contributed by atoms with Crippen LogP contribution in [0.15, 0.2) is 64.9 Å². The van der Waals surface area contributed by atoms with Gasteiger partial charge in [-0.1, -0.05) is 61.6 Å². The maximum Gasteiger partial charge on any atom is 0.288 e. The van der Waals surface area contributed by atoms with Crippen molar-refractivity contribution in [3.05, 3.63) is 60.4 Å². The van der Waals surface area contributed by atoms with Gasteiger partial charge in [0.25, 0.3) is 5.76 Å². The minimum Gasteiger partial charge on any atom is -0.324 e. The van der Waals surface area contributed by atoms with Gasteiger partial charge in [-0.3, -0.25) is 9.36 Å². The van der Waals surface area contributed by atoms with Crippen molar-refractivity contribution in [1.29, 1.82) is 0 Å². The number of alkyl halides is 2. The van der Waals surface area contributed by atoms with Crippen molar-refractivity contribution < 1.29 is 13.6 Å². The zero-order chi connectivity index (χ0) is 20.8. The largest absolute Gasteiger partial charge is 0.324 e. The van der Waals surface area contributed by atoms with Crippen LogP contribution in [0.25, 0.3) is 5.69 Å².